The third-order valence-electron chi connectivity index (χ3n) is 4.46. The Balaban J connectivity index is 1.40. The maximum atomic E-state index is 12.0. The molecule has 0 amide bonds. The van der Waals surface area contributed by atoms with E-state index in [0.29, 0.717) is 12.2 Å². The molecule has 0 saturated heterocycles. The molecule has 156 valence electrons. The molecule has 0 saturated carbocycles. The van der Waals surface area contributed by atoms with Crippen molar-refractivity contribution in [2.45, 2.75) is 54.7 Å². The minimum Gasteiger partial charge on any atom is -0.462 e. The van der Waals surface area contributed by atoms with Crippen LogP contribution in [-0.2, 0) is 9.53 Å². The zero-order chi connectivity index (χ0) is 20.6. The molecule has 2 aromatic rings. The van der Waals surface area contributed by atoms with E-state index in [0.717, 1.165) is 56.5 Å². The summed E-state index contributed by atoms with van der Waals surface area (Å²) in [5.41, 5.74) is 0.611. The summed E-state index contributed by atoms with van der Waals surface area (Å²) >= 11 is 3.77. The van der Waals surface area contributed by atoms with Crippen LogP contribution >= 0.6 is 23.5 Å². The van der Waals surface area contributed by atoms with Crippen LogP contribution in [0.3, 0.4) is 0 Å². The highest BCUT2D eigenvalue weighted by molar-refractivity contribution is 7.99. The number of esters is 1. The lowest BCUT2D eigenvalue weighted by molar-refractivity contribution is -0.139. The van der Waals surface area contributed by atoms with Gasteiger partial charge in [0.2, 0.25) is 0 Å². The van der Waals surface area contributed by atoms with E-state index in [2.05, 4.69) is 55.1 Å². The number of hydrogen-bond acceptors (Lipinski definition) is 4. The topological polar surface area (TPSA) is 26.3 Å². The van der Waals surface area contributed by atoms with Crippen molar-refractivity contribution in [1.29, 1.82) is 0 Å². The number of carbonyl (C=O) groups excluding carboxylic acids is 1. The van der Waals surface area contributed by atoms with Gasteiger partial charge >= 0.3 is 5.97 Å². The van der Waals surface area contributed by atoms with Crippen LogP contribution in [0.4, 0.5) is 0 Å². The van der Waals surface area contributed by atoms with Crippen molar-refractivity contribution in [2.24, 2.45) is 0 Å². The Hall–Kier alpha value is -1.65. The standard InChI is InChI=1S/C25H32O2S2/c1-22(14-6-4-12-20-28-23-15-7-2-8-16-23)25(26)27-19-11-5-13-21-29-24-17-9-3-10-18-24/h2-3,7-10,15-18H,1,4-6,11-14,19-21H2. The summed E-state index contributed by atoms with van der Waals surface area (Å²) in [5, 5.41) is 0. The van der Waals surface area contributed by atoms with Gasteiger partial charge in [-0.05, 0) is 74.3 Å². The summed E-state index contributed by atoms with van der Waals surface area (Å²) in [4.78, 5) is 14.6. The molecule has 2 aromatic carbocycles. The Morgan fingerprint density at radius 2 is 1.24 bits per heavy atom. The van der Waals surface area contributed by atoms with Crippen LogP contribution in [0, 0.1) is 0 Å². The van der Waals surface area contributed by atoms with Crippen LogP contribution in [0.15, 0.2) is 82.6 Å². The first kappa shape index (κ1) is 23.6. The highest BCUT2D eigenvalue weighted by Gasteiger charge is 2.08. The molecule has 0 aromatic heterocycles. The molecule has 0 fully saturated rings. The van der Waals surface area contributed by atoms with Crippen molar-refractivity contribution in [3.8, 4) is 0 Å². The van der Waals surface area contributed by atoms with Crippen molar-refractivity contribution in [2.75, 3.05) is 18.1 Å². The second-order valence-electron chi connectivity index (χ2n) is 6.93. The Kier molecular flexibility index (Phi) is 12.4. The van der Waals surface area contributed by atoms with Gasteiger partial charge in [-0.2, -0.15) is 0 Å². The minimum absolute atomic E-state index is 0.220. The fraction of sp³-hybridized carbons (Fsp3) is 0.400. The lowest BCUT2D eigenvalue weighted by Gasteiger charge is -2.07. The van der Waals surface area contributed by atoms with E-state index in [1.54, 1.807) is 0 Å². The molecular weight excluding hydrogens is 396 g/mol. The quantitative estimate of drug-likeness (QED) is 0.128. The molecule has 0 aliphatic carbocycles. The van der Waals surface area contributed by atoms with E-state index in [1.807, 2.05) is 35.7 Å². The van der Waals surface area contributed by atoms with Gasteiger partial charge in [0, 0.05) is 15.4 Å². The van der Waals surface area contributed by atoms with Crippen LogP contribution in [0.25, 0.3) is 0 Å². The van der Waals surface area contributed by atoms with Gasteiger partial charge < -0.3 is 4.74 Å². The number of thioether (sulfide) groups is 2. The summed E-state index contributed by atoms with van der Waals surface area (Å²) < 4.78 is 5.36. The smallest absolute Gasteiger partial charge is 0.333 e. The Bertz CT molecular complexity index is 701. The Morgan fingerprint density at radius 3 is 1.79 bits per heavy atom. The molecular formula is C25H32O2S2. The van der Waals surface area contributed by atoms with Crippen LogP contribution in [0.1, 0.15) is 44.9 Å². The van der Waals surface area contributed by atoms with Crippen molar-refractivity contribution in [1.82, 2.24) is 0 Å². The van der Waals surface area contributed by atoms with Gasteiger partial charge in [-0.1, -0.05) is 49.4 Å². The highest BCUT2D eigenvalue weighted by atomic mass is 32.2. The number of benzene rings is 2. The second kappa shape index (κ2) is 15.2. The van der Waals surface area contributed by atoms with Crippen molar-refractivity contribution >= 4 is 29.5 Å². The molecule has 4 heteroatoms. The predicted molar refractivity (Wildman–Crippen MR) is 127 cm³/mol. The fourth-order valence-electron chi connectivity index (χ4n) is 2.78. The molecule has 0 aliphatic heterocycles. The number of ether oxygens (including phenoxy) is 1. The number of unbranched alkanes of at least 4 members (excludes halogenated alkanes) is 4. The van der Waals surface area contributed by atoms with E-state index in [9.17, 15) is 4.79 Å². The maximum Gasteiger partial charge on any atom is 0.333 e. The average molecular weight is 429 g/mol. The van der Waals surface area contributed by atoms with Gasteiger partial charge in [0.1, 0.15) is 0 Å². The van der Waals surface area contributed by atoms with Gasteiger partial charge in [0.25, 0.3) is 0 Å². The van der Waals surface area contributed by atoms with Gasteiger partial charge in [0.05, 0.1) is 6.61 Å². The first-order chi connectivity index (χ1) is 14.3. The zero-order valence-corrected chi connectivity index (χ0v) is 18.8. The fourth-order valence-corrected chi connectivity index (χ4v) is 4.65. The van der Waals surface area contributed by atoms with E-state index < -0.39 is 0 Å². The molecule has 0 N–H and O–H groups in total. The molecule has 0 spiro atoms. The van der Waals surface area contributed by atoms with E-state index in [4.69, 9.17) is 4.74 Å². The largest absolute Gasteiger partial charge is 0.462 e. The average Bonchev–Trinajstić information content (AvgIpc) is 2.76. The molecule has 0 unspecified atom stereocenters. The summed E-state index contributed by atoms with van der Waals surface area (Å²) in [6, 6.07) is 20.9. The summed E-state index contributed by atoms with van der Waals surface area (Å²) in [6.07, 6.45) is 7.15. The molecule has 0 atom stereocenters. The molecule has 0 aliphatic rings. The lowest BCUT2D eigenvalue weighted by atomic mass is 10.1. The zero-order valence-electron chi connectivity index (χ0n) is 17.2. The molecule has 29 heavy (non-hydrogen) atoms. The van der Waals surface area contributed by atoms with E-state index >= 15 is 0 Å². The normalized spacial score (nSPS) is 10.6. The van der Waals surface area contributed by atoms with Gasteiger partial charge in [-0.3, -0.25) is 0 Å². The first-order valence-corrected chi connectivity index (χ1v) is 12.4. The van der Waals surface area contributed by atoms with E-state index in [1.165, 1.54) is 9.79 Å². The molecule has 0 radical (unpaired) electrons. The van der Waals surface area contributed by atoms with Crippen LogP contribution in [0.2, 0.25) is 0 Å². The first-order valence-electron chi connectivity index (χ1n) is 10.5. The molecule has 0 heterocycles. The number of rotatable bonds is 15. The van der Waals surface area contributed by atoms with Crippen molar-refractivity contribution in [3.05, 3.63) is 72.8 Å². The van der Waals surface area contributed by atoms with Crippen LogP contribution in [0.5, 0.6) is 0 Å². The van der Waals surface area contributed by atoms with Crippen LogP contribution in [-0.4, -0.2) is 24.1 Å². The lowest BCUT2D eigenvalue weighted by Crippen LogP contribution is -2.08. The number of carbonyl (C=O) groups is 1. The molecule has 2 rings (SSSR count). The monoisotopic (exact) mass is 428 g/mol. The SMILES string of the molecule is C=C(CCCCCSc1ccccc1)C(=O)OCCCCCSc1ccccc1. The molecule has 2 nitrogen and oxygen atoms in total. The van der Waals surface area contributed by atoms with Crippen molar-refractivity contribution in [3.63, 3.8) is 0 Å². The summed E-state index contributed by atoms with van der Waals surface area (Å²) in [7, 11) is 0. The summed E-state index contributed by atoms with van der Waals surface area (Å²) in [5.74, 6) is 2.00. The van der Waals surface area contributed by atoms with Gasteiger partial charge in [-0.25, -0.2) is 4.79 Å². The Labute approximate surface area is 184 Å². The Morgan fingerprint density at radius 1 is 0.724 bits per heavy atom. The second-order valence-corrected chi connectivity index (χ2v) is 9.27. The summed E-state index contributed by atoms with van der Waals surface area (Å²) in [6.45, 7) is 4.40. The maximum absolute atomic E-state index is 12.0. The predicted octanol–water partition coefficient (Wildman–Crippen LogP) is 7.40. The minimum atomic E-state index is -0.220. The van der Waals surface area contributed by atoms with E-state index in [-0.39, 0.29) is 5.97 Å². The third kappa shape index (κ3) is 11.2. The van der Waals surface area contributed by atoms with Crippen molar-refractivity contribution < 1.29 is 9.53 Å². The number of hydrogen-bond donors (Lipinski definition) is 0. The third-order valence-corrected chi connectivity index (χ3v) is 6.65. The highest BCUT2D eigenvalue weighted by Crippen LogP contribution is 2.20. The van der Waals surface area contributed by atoms with Gasteiger partial charge in [0.15, 0.2) is 0 Å². The van der Waals surface area contributed by atoms with Gasteiger partial charge in [-0.15, -0.1) is 23.5 Å². The van der Waals surface area contributed by atoms with Crippen LogP contribution < -0.4 is 0 Å². The molecule has 0 bridgehead atoms.